The van der Waals surface area contributed by atoms with E-state index in [1.165, 1.54) is 24.3 Å². The third kappa shape index (κ3) is 5.47. The molecule has 0 atom stereocenters. The number of hydrogen-bond donors (Lipinski definition) is 0. The third-order valence-electron chi connectivity index (χ3n) is 2.85. The van der Waals surface area contributed by atoms with Gasteiger partial charge in [0, 0.05) is 5.02 Å². The molecule has 0 aliphatic heterocycles. The molecule has 0 aliphatic rings. The van der Waals surface area contributed by atoms with Crippen LogP contribution in [0.25, 0.3) is 0 Å². The van der Waals surface area contributed by atoms with Crippen LogP contribution in [0.5, 0.6) is 11.5 Å². The average Bonchev–Trinajstić information content (AvgIpc) is 2.52. The van der Waals surface area contributed by atoms with E-state index in [1.807, 2.05) is 0 Å². The maximum absolute atomic E-state index is 13.5. The molecular weight excluding hydrogens is 417 g/mol. The molecule has 0 fully saturated rings. The molecule has 0 aliphatic carbocycles. The van der Waals surface area contributed by atoms with E-state index in [0.717, 1.165) is 6.07 Å². The van der Waals surface area contributed by atoms with Crippen LogP contribution >= 0.6 is 46.4 Å². The summed E-state index contributed by atoms with van der Waals surface area (Å²) in [5, 5.41) is 0.314. The van der Waals surface area contributed by atoms with Crippen LogP contribution in [0.2, 0.25) is 20.1 Å². The number of carbonyl (C=O) groups excluding carboxylic acids is 2. The lowest BCUT2D eigenvalue weighted by Gasteiger charge is -2.09. The number of halogens is 5. The molecular formula is C16H9Cl4FO4. The zero-order valence-electron chi connectivity index (χ0n) is 12.3. The lowest BCUT2D eigenvalue weighted by Crippen LogP contribution is -2.15. The summed E-state index contributed by atoms with van der Waals surface area (Å²) >= 11 is 23.3. The van der Waals surface area contributed by atoms with Gasteiger partial charge >= 0.3 is 11.9 Å². The summed E-state index contributed by atoms with van der Waals surface area (Å²) in [5.74, 6) is -2.88. The van der Waals surface area contributed by atoms with Crippen LogP contribution in [-0.4, -0.2) is 11.9 Å². The second-order valence-corrected chi connectivity index (χ2v) is 6.36. The van der Waals surface area contributed by atoms with Gasteiger partial charge in [-0.2, -0.15) is 0 Å². The smallest absolute Gasteiger partial charge is 0.311 e. The summed E-state index contributed by atoms with van der Waals surface area (Å²) in [6.45, 7) is 0. The van der Waals surface area contributed by atoms with Crippen molar-refractivity contribution < 1.29 is 23.5 Å². The summed E-state index contributed by atoms with van der Waals surface area (Å²) in [6, 6.07) is 6.53. The van der Waals surface area contributed by atoms with Crippen molar-refractivity contribution in [3.8, 4) is 11.5 Å². The maximum atomic E-state index is 13.5. The normalized spacial score (nSPS) is 10.4. The molecule has 0 saturated heterocycles. The van der Waals surface area contributed by atoms with Gasteiger partial charge in [-0.05, 0) is 24.3 Å². The molecule has 25 heavy (non-hydrogen) atoms. The van der Waals surface area contributed by atoms with Gasteiger partial charge in [0.25, 0.3) is 0 Å². The Kier molecular flexibility index (Phi) is 6.90. The molecule has 2 aromatic rings. The van der Waals surface area contributed by atoms with Gasteiger partial charge in [-0.1, -0.05) is 52.5 Å². The first-order valence-corrected chi connectivity index (χ1v) is 8.29. The maximum Gasteiger partial charge on any atom is 0.311 e. The van der Waals surface area contributed by atoms with Crippen LogP contribution in [-0.2, 0) is 9.59 Å². The highest BCUT2D eigenvalue weighted by Crippen LogP contribution is 2.36. The van der Waals surface area contributed by atoms with Gasteiger partial charge in [0.15, 0.2) is 17.3 Å². The molecule has 0 N–H and O–H groups in total. The van der Waals surface area contributed by atoms with E-state index in [0.29, 0.717) is 0 Å². The number of rotatable bonds is 5. The minimum atomic E-state index is -0.850. The molecule has 9 heteroatoms. The van der Waals surface area contributed by atoms with Gasteiger partial charge in [0.05, 0.1) is 27.9 Å². The van der Waals surface area contributed by atoms with E-state index < -0.39 is 23.5 Å². The number of esters is 2. The molecule has 0 spiro atoms. The number of ether oxygens (including phenoxy) is 2. The van der Waals surface area contributed by atoms with Crippen LogP contribution in [0.1, 0.15) is 12.8 Å². The Labute approximate surface area is 162 Å². The molecule has 0 radical (unpaired) electrons. The SMILES string of the molecule is O=C(CCC(=O)Oc1c(Cl)cc(Cl)cc1Cl)Oc1c(F)cccc1Cl. The molecule has 0 bridgehead atoms. The van der Waals surface area contributed by atoms with E-state index in [9.17, 15) is 14.0 Å². The van der Waals surface area contributed by atoms with Gasteiger partial charge in [-0.15, -0.1) is 0 Å². The van der Waals surface area contributed by atoms with E-state index in [1.54, 1.807) is 0 Å². The first-order chi connectivity index (χ1) is 11.8. The van der Waals surface area contributed by atoms with Crippen molar-refractivity contribution in [3.63, 3.8) is 0 Å². The van der Waals surface area contributed by atoms with Crippen LogP contribution in [0.3, 0.4) is 0 Å². The second-order valence-electron chi connectivity index (χ2n) is 4.70. The minimum absolute atomic E-state index is 0.0477. The lowest BCUT2D eigenvalue weighted by atomic mass is 10.3. The summed E-state index contributed by atoms with van der Waals surface area (Å²) in [5.41, 5.74) is 0. The highest BCUT2D eigenvalue weighted by Gasteiger charge is 2.17. The predicted molar refractivity (Wildman–Crippen MR) is 93.4 cm³/mol. The largest absolute Gasteiger partial charge is 0.423 e. The molecule has 0 saturated carbocycles. The molecule has 0 heterocycles. The van der Waals surface area contributed by atoms with Crippen LogP contribution in [0.15, 0.2) is 30.3 Å². The number of benzene rings is 2. The number of hydrogen-bond acceptors (Lipinski definition) is 4. The van der Waals surface area contributed by atoms with Gasteiger partial charge in [0.2, 0.25) is 0 Å². The Bertz CT molecular complexity index is 783. The molecule has 0 unspecified atom stereocenters. The highest BCUT2D eigenvalue weighted by molar-refractivity contribution is 6.40. The highest BCUT2D eigenvalue weighted by atomic mass is 35.5. The zero-order valence-corrected chi connectivity index (χ0v) is 15.3. The molecule has 4 nitrogen and oxygen atoms in total. The Morgan fingerprint density at radius 1 is 0.840 bits per heavy atom. The predicted octanol–water partition coefficient (Wildman–Crippen LogP) is 5.73. The Morgan fingerprint density at radius 3 is 1.88 bits per heavy atom. The third-order valence-corrected chi connectivity index (χ3v) is 3.92. The van der Waals surface area contributed by atoms with E-state index in [4.69, 9.17) is 55.9 Å². The fraction of sp³-hybridized carbons (Fsp3) is 0.125. The van der Waals surface area contributed by atoms with Crippen LogP contribution < -0.4 is 9.47 Å². The molecule has 2 rings (SSSR count). The van der Waals surface area contributed by atoms with Gasteiger partial charge in [0.1, 0.15) is 0 Å². The number of para-hydroxylation sites is 1. The monoisotopic (exact) mass is 424 g/mol. The van der Waals surface area contributed by atoms with Crippen molar-refractivity contribution >= 4 is 58.3 Å². The fourth-order valence-corrected chi connectivity index (χ4v) is 2.84. The summed E-state index contributed by atoms with van der Waals surface area (Å²) < 4.78 is 23.4. The van der Waals surface area contributed by atoms with Crippen molar-refractivity contribution in [2.45, 2.75) is 12.8 Å². The van der Waals surface area contributed by atoms with Crippen molar-refractivity contribution in [1.29, 1.82) is 0 Å². The van der Waals surface area contributed by atoms with Crippen molar-refractivity contribution in [2.24, 2.45) is 0 Å². The van der Waals surface area contributed by atoms with Gasteiger partial charge < -0.3 is 9.47 Å². The summed E-state index contributed by atoms with van der Waals surface area (Å²) in [6.07, 6.45) is -0.688. The lowest BCUT2D eigenvalue weighted by molar-refractivity contribution is -0.140. The standard InChI is InChI=1S/C16H9Cl4FO4/c17-8-6-10(19)15(11(20)7-8)24-13(22)4-5-14(23)25-16-9(18)2-1-3-12(16)21/h1-3,6-7H,4-5H2. The van der Waals surface area contributed by atoms with Crippen molar-refractivity contribution in [2.75, 3.05) is 0 Å². The van der Waals surface area contributed by atoms with E-state index in [2.05, 4.69) is 0 Å². The van der Waals surface area contributed by atoms with E-state index >= 15 is 0 Å². The fourth-order valence-electron chi connectivity index (χ4n) is 1.74. The Morgan fingerprint density at radius 2 is 1.36 bits per heavy atom. The quantitative estimate of drug-likeness (QED) is 0.453. The molecule has 132 valence electrons. The van der Waals surface area contributed by atoms with Crippen LogP contribution in [0, 0.1) is 5.82 Å². The second kappa shape index (κ2) is 8.72. The van der Waals surface area contributed by atoms with E-state index in [-0.39, 0.29) is 38.7 Å². The topological polar surface area (TPSA) is 52.6 Å². The molecule has 0 aromatic heterocycles. The average molecular weight is 426 g/mol. The van der Waals surface area contributed by atoms with Gasteiger partial charge in [-0.3, -0.25) is 9.59 Å². The Balaban J connectivity index is 1.93. The van der Waals surface area contributed by atoms with Crippen LogP contribution in [0.4, 0.5) is 4.39 Å². The summed E-state index contributed by atoms with van der Waals surface area (Å²) in [4.78, 5) is 23.5. The Hall–Kier alpha value is -1.53. The van der Waals surface area contributed by atoms with Crippen molar-refractivity contribution in [3.05, 3.63) is 56.2 Å². The minimum Gasteiger partial charge on any atom is -0.423 e. The molecule has 2 aromatic carbocycles. The zero-order chi connectivity index (χ0) is 18.6. The van der Waals surface area contributed by atoms with Crippen molar-refractivity contribution in [1.82, 2.24) is 0 Å². The van der Waals surface area contributed by atoms with Gasteiger partial charge in [-0.25, -0.2) is 4.39 Å². The first kappa shape index (κ1) is 19.8. The first-order valence-electron chi connectivity index (χ1n) is 6.78. The molecule has 0 amide bonds. The summed E-state index contributed by atoms with van der Waals surface area (Å²) in [7, 11) is 0. The number of carbonyl (C=O) groups is 2.